The first-order valence-corrected chi connectivity index (χ1v) is 11.4. The van der Waals surface area contributed by atoms with Crippen LogP contribution in [0.3, 0.4) is 0 Å². The van der Waals surface area contributed by atoms with E-state index in [1.165, 1.54) is 57.8 Å². The number of rotatable bonds is 17. The monoisotopic (exact) mass is 391 g/mol. The quantitative estimate of drug-likeness (QED) is 0.125. The zero-order chi connectivity index (χ0) is 20.5. The minimum atomic E-state index is 0.116. The molecule has 0 fully saturated rings. The summed E-state index contributed by atoms with van der Waals surface area (Å²) in [4.78, 5) is 0. The Hall–Kier alpha value is -1.71. The van der Waals surface area contributed by atoms with Crippen molar-refractivity contribution in [2.75, 3.05) is 6.61 Å². The van der Waals surface area contributed by atoms with Crippen molar-refractivity contribution in [3.63, 3.8) is 0 Å². The normalized spacial score (nSPS) is 11.7. The summed E-state index contributed by atoms with van der Waals surface area (Å²) in [6.07, 6.45) is 16.9. The van der Waals surface area contributed by atoms with Crippen LogP contribution in [0.15, 0.2) is 23.4 Å². The largest absolute Gasteiger partial charge is 0.507 e. The molecule has 0 saturated heterocycles. The number of unbranched alkanes of at least 4 members (excludes halogenated alkanes) is 11. The van der Waals surface area contributed by atoms with Gasteiger partial charge in [0.05, 0.1) is 12.3 Å². The smallest absolute Gasteiger partial charge is 0.128 e. The third-order valence-electron chi connectivity index (χ3n) is 5.18. The fourth-order valence-electron chi connectivity index (χ4n) is 3.37. The Morgan fingerprint density at radius 3 is 1.93 bits per heavy atom. The molecule has 4 heteroatoms. The topological polar surface area (TPSA) is 62.1 Å². The molecule has 0 unspecified atom stereocenters. The van der Waals surface area contributed by atoms with E-state index in [4.69, 9.17) is 4.74 Å². The molecule has 1 aromatic rings. The van der Waals surface area contributed by atoms with Gasteiger partial charge in [-0.3, -0.25) is 0 Å². The molecule has 0 amide bonds. The Labute approximate surface area is 172 Å². The summed E-state index contributed by atoms with van der Waals surface area (Å²) in [5, 5.41) is 23.0. The van der Waals surface area contributed by atoms with Crippen LogP contribution < -0.4 is 4.74 Å². The maximum absolute atomic E-state index is 10.3. The lowest BCUT2D eigenvalue weighted by Gasteiger charge is -2.10. The Balaban J connectivity index is 2.22. The molecule has 0 aromatic heterocycles. The highest BCUT2D eigenvalue weighted by Crippen LogP contribution is 2.26. The van der Waals surface area contributed by atoms with E-state index in [0.717, 1.165) is 25.7 Å². The Kier molecular flexibility index (Phi) is 14.1. The van der Waals surface area contributed by atoms with E-state index in [1.54, 1.807) is 12.1 Å². The molecule has 0 aliphatic carbocycles. The number of nitrogens with zero attached hydrogens (tertiary/aromatic N) is 1. The number of oxime groups is 1. The summed E-state index contributed by atoms with van der Waals surface area (Å²) in [6, 6.07) is 5.22. The first-order chi connectivity index (χ1) is 13.7. The van der Waals surface area contributed by atoms with Crippen molar-refractivity contribution in [1.82, 2.24) is 0 Å². The lowest BCUT2D eigenvalue weighted by Crippen LogP contribution is -2.03. The van der Waals surface area contributed by atoms with Crippen LogP contribution in [0, 0.1) is 0 Å². The van der Waals surface area contributed by atoms with E-state index >= 15 is 0 Å². The highest BCUT2D eigenvalue weighted by molar-refractivity contribution is 6.02. The zero-order valence-electron chi connectivity index (χ0n) is 18.1. The summed E-state index contributed by atoms with van der Waals surface area (Å²) in [5.41, 5.74) is 1.14. The molecular weight excluding hydrogens is 350 g/mol. The van der Waals surface area contributed by atoms with E-state index < -0.39 is 0 Å². The molecule has 4 nitrogen and oxygen atoms in total. The molecule has 0 atom stereocenters. The highest BCUT2D eigenvalue weighted by atomic mass is 16.5. The van der Waals surface area contributed by atoms with Crippen LogP contribution in [0.5, 0.6) is 11.5 Å². The van der Waals surface area contributed by atoms with Crippen molar-refractivity contribution in [3.05, 3.63) is 23.8 Å². The van der Waals surface area contributed by atoms with Crippen LogP contribution in [0.25, 0.3) is 0 Å². The molecule has 0 heterocycles. The summed E-state index contributed by atoms with van der Waals surface area (Å²) in [5.74, 6) is 0.770. The molecular formula is C24H41NO3. The lowest BCUT2D eigenvalue weighted by molar-refractivity contribution is 0.307. The molecule has 1 rings (SSSR count). The summed E-state index contributed by atoms with van der Waals surface area (Å²) < 4.78 is 5.61. The molecule has 0 spiro atoms. The first-order valence-electron chi connectivity index (χ1n) is 11.4. The Morgan fingerprint density at radius 1 is 0.821 bits per heavy atom. The molecule has 160 valence electrons. The second kappa shape index (κ2) is 16.3. The molecule has 1 aromatic carbocycles. The van der Waals surface area contributed by atoms with Gasteiger partial charge in [-0.1, -0.05) is 89.6 Å². The van der Waals surface area contributed by atoms with Crippen molar-refractivity contribution >= 4 is 5.71 Å². The van der Waals surface area contributed by atoms with Gasteiger partial charge in [0, 0.05) is 11.6 Å². The van der Waals surface area contributed by atoms with E-state index in [9.17, 15) is 10.3 Å². The summed E-state index contributed by atoms with van der Waals surface area (Å²) in [7, 11) is 0. The number of ether oxygens (including phenoxy) is 1. The van der Waals surface area contributed by atoms with Gasteiger partial charge in [0.2, 0.25) is 0 Å². The third-order valence-corrected chi connectivity index (χ3v) is 5.18. The van der Waals surface area contributed by atoms with Crippen molar-refractivity contribution in [3.8, 4) is 11.5 Å². The van der Waals surface area contributed by atoms with Crippen molar-refractivity contribution < 1.29 is 15.1 Å². The van der Waals surface area contributed by atoms with Crippen molar-refractivity contribution in [1.29, 1.82) is 0 Å². The molecule has 0 aliphatic heterocycles. The Bertz CT molecular complexity index is 543. The van der Waals surface area contributed by atoms with Crippen molar-refractivity contribution in [2.24, 2.45) is 5.16 Å². The zero-order valence-corrected chi connectivity index (χ0v) is 18.1. The van der Waals surface area contributed by atoms with Crippen LogP contribution in [0.4, 0.5) is 0 Å². The molecule has 0 saturated carbocycles. The second-order valence-corrected chi connectivity index (χ2v) is 7.71. The number of hydrogen-bond acceptors (Lipinski definition) is 4. The number of aromatic hydroxyl groups is 1. The Morgan fingerprint density at radius 2 is 1.39 bits per heavy atom. The van der Waals surface area contributed by atoms with Crippen LogP contribution >= 0.6 is 0 Å². The molecule has 2 N–H and O–H groups in total. The van der Waals surface area contributed by atoms with Gasteiger partial charge in [0.15, 0.2) is 0 Å². The fourth-order valence-corrected chi connectivity index (χ4v) is 3.37. The first kappa shape index (κ1) is 24.3. The molecule has 0 aliphatic rings. The van der Waals surface area contributed by atoms with E-state index in [0.29, 0.717) is 30.1 Å². The number of hydrogen-bond donors (Lipinski definition) is 2. The minimum Gasteiger partial charge on any atom is -0.507 e. The number of phenols is 1. The van der Waals surface area contributed by atoms with Crippen LogP contribution in [-0.2, 0) is 0 Å². The minimum absolute atomic E-state index is 0.116. The van der Waals surface area contributed by atoms with Gasteiger partial charge in [-0.15, -0.1) is 0 Å². The second-order valence-electron chi connectivity index (χ2n) is 7.71. The van der Waals surface area contributed by atoms with Crippen LogP contribution in [0.2, 0.25) is 0 Å². The average Bonchev–Trinajstić information content (AvgIpc) is 2.70. The summed E-state index contributed by atoms with van der Waals surface area (Å²) >= 11 is 0. The predicted octanol–water partition coefficient (Wildman–Crippen LogP) is 7.45. The average molecular weight is 392 g/mol. The predicted molar refractivity (Wildman–Crippen MR) is 118 cm³/mol. The standard InChI is InChI=1S/C24H41NO3/c1-3-5-7-8-9-10-11-12-13-14-15-16-23(25-27)22-18-17-21(20-24(22)26)28-19-6-4-2/h17-18,20,26-27H,3-16,19H2,1-2H3/b25-23+. The summed E-state index contributed by atoms with van der Waals surface area (Å²) in [6.45, 7) is 5.02. The van der Waals surface area contributed by atoms with Gasteiger partial charge in [-0.2, -0.15) is 0 Å². The molecule has 28 heavy (non-hydrogen) atoms. The van der Waals surface area contributed by atoms with Gasteiger partial charge >= 0.3 is 0 Å². The number of phenolic OH excluding ortho intramolecular Hbond substituents is 1. The SMILES string of the molecule is CCCCCCCCCCCCC/C(=N\O)c1ccc(OCCCC)cc1O. The lowest BCUT2D eigenvalue weighted by atomic mass is 10.0. The number of benzene rings is 1. The van der Waals surface area contributed by atoms with Gasteiger partial charge in [0.25, 0.3) is 0 Å². The van der Waals surface area contributed by atoms with Crippen LogP contribution in [0.1, 0.15) is 109 Å². The van der Waals surface area contributed by atoms with Gasteiger partial charge in [-0.05, 0) is 31.4 Å². The van der Waals surface area contributed by atoms with Crippen molar-refractivity contribution in [2.45, 2.75) is 104 Å². The van der Waals surface area contributed by atoms with E-state index in [1.807, 2.05) is 6.07 Å². The van der Waals surface area contributed by atoms with Gasteiger partial charge in [0.1, 0.15) is 11.5 Å². The van der Waals surface area contributed by atoms with E-state index in [2.05, 4.69) is 19.0 Å². The van der Waals surface area contributed by atoms with Gasteiger partial charge < -0.3 is 15.1 Å². The van der Waals surface area contributed by atoms with E-state index in [-0.39, 0.29) is 5.75 Å². The maximum atomic E-state index is 10.3. The van der Waals surface area contributed by atoms with Gasteiger partial charge in [-0.25, -0.2) is 0 Å². The third kappa shape index (κ3) is 10.6. The molecule has 0 radical (unpaired) electrons. The highest BCUT2D eigenvalue weighted by Gasteiger charge is 2.11. The maximum Gasteiger partial charge on any atom is 0.128 e. The van der Waals surface area contributed by atoms with Crippen LogP contribution in [-0.4, -0.2) is 22.6 Å². The molecule has 0 bridgehead atoms. The fraction of sp³-hybridized carbons (Fsp3) is 0.708.